The molecule has 0 bridgehead atoms. The number of pyridine rings is 1. The number of carboxylic acids is 1. The molecule has 11 nitrogen and oxygen atoms in total. The Kier molecular flexibility index (Phi) is 10.4. The molecule has 1 unspecified atom stereocenters. The zero-order chi connectivity index (χ0) is 30.0. The van der Waals surface area contributed by atoms with E-state index in [4.69, 9.17) is 26.1 Å². The fourth-order valence-electron chi connectivity index (χ4n) is 2.84. The number of hydrogen-bond acceptors (Lipinski definition) is 7. The number of alkyl halides is 3. The summed E-state index contributed by atoms with van der Waals surface area (Å²) < 4.78 is 65.7. The van der Waals surface area contributed by atoms with Crippen LogP contribution in [0.5, 0.6) is 11.5 Å². The van der Waals surface area contributed by atoms with Crippen molar-refractivity contribution in [2.75, 3.05) is 11.1 Å². The first-order valence-electron chi connectivity index (χ1n) is 10.8. The van der Waals surface area contributed by atoms with E-state index in [0.29, 0.717) is 11.6 Å². The normalized spacial score (nSPS) is 11.3. The minimum atomic E-state index is -5.08. The zero-order valence-electron chi connectivity index (χ0n) is 20.0. The highest BCUT2D eigenvalue weighted by atomic mass is 19.4. The molecule has 2 aromatic carbocycles. The first kappa shape index (κ1) is 30.9. The number of aliphatic carboxylic acids is 1. The predicted octanol–water partition coefficient (Wildman–Crippen LogP) is 3.04. The third-order valence-corrected chi connectivity index (χ3v) is 4.56. The highest BCUT2D eigenvalue weighted by molar-refractivity contribution is 6.04. The topological polar surface area (TPSA) is 187 Å². The Morgan fingerprint density at radius 2 is 1.60 bits per heavy atom. The van der Waals surface area contributed by atoms with Gasteiger partial charge in [-0.25, -0.2) is 18.6 Å². The van der Waals surface area contributed by atoms with Gasteiger partial charge in [-0.3, -0.25) is 14.4 Å². The molecule has 0 radical (unpaired) electrons. The Morgan fingerprint density at radius 3 is 2.15 bits per heavy atom. The third-order valence-electron chi connectivity index (χ3n) is 4.56. The quantitative estimate of drug-likeness (QED) is 0.202. The number of benzene rings is 2. The molecule has 1 atom stereocenters. The lowest BCUT2D eigenvalue weighted by Gasteiger charge is -2.16. The number of rotatable bonds is 8. The van der Waals surface area contributed by atoms with Crippen LogP contribution in [0.4, 0.5) is 33.5 Å². The van der Waals surface area contributed by atoms with Crippen molar-refractivity contribution in [3.8, 4) is 11.5 Å². The molecular formula is C24H20F5N5O6. The van der Waals surface area contributed by atoms with Gasteiger partial charge in [-0.05, 0) is 11.6 Å². The number of aromatic nitrogens is 1. The number of carboxylic acid groups (broad SMARTS) is 1. The Bertz CT molecular complexity index is 1390. The number of hydrogen-bond donors (Lipinski definition) is 5. The van der Waals surface area contributed by atoms with Gasteiger partial charge in [0.05, 0.1) is 5.69 Å². The summed E-state index contributed by atoms with van der Waals surface area (Å²) in [6, 6.07) is 11.2. The second-order valence-electron chi connectivity index (χ2n) is 7.62. The van der Waals surface area contributed by atoms with Crippen molar-refractivity contribution in [3.63, 3.8) is 0 Å². The van der Waals surface area contributed by atoms with Crippen LogP contribution in [0, 0.1) is 11.6 Å². The first-order valence-corrected chi connectivity index (χ1v) is 10.8. The van der Waals surface area contributed by atoms with E-state index >= 15 is 0 Å². The van der Waals surface area contributed by atoms with Crippen LogP contribution in [0.15, 0.2) is 60.8 Å². The number of amides is 3. The average Bonchev–Trinajstić information content (AvgIpc) is 2.85. The molecule has 3 amide bonds. The number of nitrogens with two attached hydrogens (primary N) is 2. The molecule has 0 aliphatic rings. The summed E-state index contributed by atoms with van der Waals surface area (Å²) in [6.45, 7) is 0. The lowest BCUT2D eigenvalue weighted by atomic mass is 10.1. The second kappa shape index (κ2) is 13.5. The molecular weight excluding hydrogens is 549 g/mol. The zero-order valence-corrected chi connectivity index (χ0v) is 20.0. The molecule has 0 aliphatic heterocycles. The fourth-order valence-corrected chi connectivity index (χ4v) is 2.84. The van der Waals surface area contributed by atoms with E-state index in [-0.39, 0.29) is 11.6 Å². The number of halogens is 5. The molecule has 0 fully saturated rings. The number of carbonyl (C=O) groups is 4. The third kappa shape index (κ3) is 9.55. The maximum absolute atomic E-state index is 14.4. The van der Waals surface area contributed by atoms with Crippen LogP contribution in [0.1, 0.15) is 18.0 Å². The van der Waals surface area contributed by atoms with Gasteiger partial charge in [0.25, 0.3) is 0 Å². The summed E-state index contributed by atoms with van der Waals surface area (Å²) >= 11 is 0. The van der Waals surface area contributed by atoms with Crippen molar-refractivity contribution in [2.45, 2.75) is 18.6 Å². The van der Waals surface area contributed by atoms with Crippen LogP contribution in [-0.4, -0.2) is 40.0 Å². The van der Waals surface area contributed by atoms with Crippen LogP contribution >= 0.6 is 0 Å². The van der Waals surface area contributed by atoms with Gasteiger partial charge in [0.2, 0.25) is 17.7 Å². The summed E-state index contributed by atoms with van der Waals surface area (Å²) in [6.07, 6.45) is -4.51. The minimum Gasteiger partial charge on any atom is -0.475 e. The van der Waals surface area contributed by atoms with Crippen LogP contribution in [0.2, 0.25) is 0 Å². The summed E-state index contributed by atoms with van der Waals surface area (Å²) in [5, 5.41) is 11.6. The van der Waals surface area contributed by atoms with E-state index in [1.165, 1.54) is 18.3 Å². The van der Waals surface area contributed by atoms with Crippen LogP contribution in [-0.2, 0) is 19.2 Å². The molecule has 40 heavy (non-hydrogen) atoms. The van der Waals surface area contributed by atoms with Gasteiger partial charge in [-0.1, -0.05) is 30.3 Å². The number of primary amides is 1. The Labute approximate surface area is 221 Å². The van der Waals surface area contributed by atoms with Crippen molar-refractivity contribution in [2.24, 2.45) is 5.73 Å². The van der Waals surface area contributed by atoms with Crippen LogP contribution in [0.3, 0.4) is 0 Å². The van der Waals surface area contributed by atoms with Gasteiger partial charge in [0, 0.05) is 24.4 Å². The van der Waals surface area contributed by atoms with E-state index in [1.807, 2.05) is 0 Å². The van der Waals surface area contributed by atoms with Gasteiger partial charge in [0.15, 0.2) is 17.4 Å². The summed E-state index contributed by atoms with van der Waals surface area (Å²) in [7, 11) is 0. The lowest BCUT2D eigenvalue weighted by molar-refractivity contribution is -0.192. The minimum absolute atomic E-state index is 0.126. The number of nitrogens with zero attached hydrogens (tertiary/aromatic N) is 1. The molecule has 0 saturated carbocycles. The number of ether oxygens (including phenoxy) is 1. The van der Waals surface area contributed by atoms with Crippen LogP contribution in [0.25, 0.3) is 0 Å². The summed E-state index contributed by atoms with van der Waals surface area (Å²) in [4.78, 5) is 48.7. The highest BCUT2D eigenvalue weighted by Gasteiger charge is 2.38. The van der Waals surface area contributed by atoms with Crippen molar-refractivity contribution < 1.29 is 51.0 Å². The average molecular weight is 569 g/mol. The molecule has 3 rings (SSSR count). The van der Waals surface area contributed by atoms with Gasteiger partial charge in [-0.2, -0.15) is 13.2 Å². The van der Waals surface area contributed by atoms with Crippen molar-refractivity contribution in [1.82, 2.24) is 10.3 Å². The van der Waals surface area contributed by atoms with Crippen molar-refractivity contribution in [3.05, 3.63) is 78.0 Å². The maximum atomic E-state index is 14.4. The first-order chi connectivity index (χ1) is 18.7. The van der Waals surface area contributed by atoms with E-state index in [1.54, 1.807) is 30.3 Å². The van der Waals surface area contributed by atoms with Gasteiger partial charge in [-0.15, -0.1) is 0 Å². The molecule has 0 aliphatic carbocycles. The second-order valence-corrected chi connectivity index (χ2v) is 7.62. The van der Waals surface area contributed by atoms with E-state index in [2.05, 4.69) is 15.6 Å². The molecule has 16 heteroatoms. The monoisotopic (exact) mass is 569 g/mol. The van der Waals surface area contributed by atoms with Crippen LogP contribution < -0.4 is 26.8 Å². The van der Waals surface area contributed by atoms with Crippen molar-refractivity contribution in [1.29, 1.82) is 0 Å². The number of nitrogens with one attached hydrogen (secondary N) is 2. The summed E-state index contributed by atoms with van der Waals surface area (Å²) in [5.41, 5.74) is 10.8. The molecule has 3 aromatic rings. The van der Waals surface area contributed by atoms with E-state index in [0.717, 1.165) is 6.07 Å². The standard InChI is InChI=1S/C22H19F2N5O4.C2HF3O2/c23-14-10-17(33-13-6-7-27-18(25)8-13)15(24)9-16(14)28-19(30)11-20(31)29-21(22(26)32)12-4-2-1-3-5-12;3-2(4,5)1(6)7/h1-10,21H,11H2,(H2,25,27)(H2,26,32)(H,28,30)(H,29,31);(H,6,7). The molecule has 1 heterocycles. The maximum Gasteiger partial charge on any atom is 0.490 e. The SMILES string of the molecule is NC(=O)C(NC(=O)CC(=O)Nc1cc(F)c(Oc2ccnc(N)c2)cc1F)c1ccccc1.O=C(O)C(F)(F)F. The van der Waals surface area contributed by atoms with Gasteiger partial charge < -0.3 is 31.9 Å². The van der Waals surface area contributed by atoms with Gasteiger partial charge in [0.1, 0.15) is 24.0 Å². The fraction of sp³-hybridized carbons (Fsp3) is 0.125. The van der Waals surface area contributed by atoms with E-state index < -0.39 is 65.4 Å². The number of nitrogen functional groups attached to an aromatic ring is 1. The highest BCUT2D eigenvalue weighted by Crippen LogP contribution is 2.29. The summed E-state index contributed by atoms with van der Waals surface area (Å²) in [5.74, 6) is -7.50. The lowest BCUT2D eigenvalue weighted by Crippen LogP contribution is -2.38. The molecule has 0 spiro atoms. The Balaban J connectivity index is 0.000000708. The van der Waals surface area contributed by atoms with E-state index in [9.17, 15) is 36.3 Å². The Hall–Kier alpha value is -5.28. The molecule has 212 valence electrons. The Morgan fingerprint density at radius 1 is 0.975 bits per heavy atom. The largest absolute Gasteiger partial charge is 0.490 e. The number of carbonyl (C=O) groups excluding carboxylic acids is 3. The molecule has 0 saturated heterocycles. The molecule has 1 aromatic heterocycles. The number of anilines is 2. The van der Waals surface area contributed by atoms with Gasteiger partial charge >= 0.3 is 12.1 Å². The smallest absolute Gasteiger partial charge is 0.475 e. The van der Waals surface area contributed by atoms with Crippen molar-refractivity contribution >= 4 is 35.2 Å². The molecule has 7 N–H and O–H groups in total. The predicted molar refractivity (Wildman–Crippen MR) is 129 cm³/mol.